The first-order chi connectivity index (χ1) is 16.2. The predicted molar refractivity (Wildman–Crippen MR) is 133 cm³/mol. The lowest BCUT2D eigenvalue weighted by Crippen LogP contribution is -2.30. The van der Waals surface area contributed by atoms with E-state index in [4.69, 9.17) is 4.84 Å². The zero-order valence-corrected chi connectivity index (χ0v) is 20.2. The van der Waals surface area contributed by atoms with Crippen molar-refractivity contribution in [3.8, 4) is 5.75 Å². The van der Waals surface area contributed by atoms with Crippen LogP contribution in [0, 0.1) is 13.8 Å². The van der Waals surface area contributed by atoms with E-state index in [2.05, 4.69) is 33.8 Å². The lowest BCUT2D eigenvalue weighted by molar-refractivity contribution is 0.0981. The first kappa shape index (κ1) is 23.5. The van der Waals surface area contributed by atoms with Gasteiger partial charge in [-0.25, -0.2) is 13.1 Å². The number of carbonyl (C=O) groups excluding carboxylic acids is 1. The molecule has 1 aliphatic rings. The van der Waals surface area contributed by atoms with Crippen molar-refractivity contribution >= 4 is 27.8 Å². The molecule has 0 aromatic heterocycles. The van der Waals surface area contributed by atoms with E-state index in [-0.39, 0.29) is 10.5 Å². The molecule has 8 heteroatoms. The number of rotatable bonds is 7. The monoisotopic (exact) mass is 477 g/mol. The van der Waals surface area contributed by atoms with Crippen molar-refractivity contribution in [2.45, 2.75) is 32.1 Å². The minimum Gasteiger partial charge on any atom is -0.371 e. The Kier molecular flexibility index (Phi) is 6.70. The SMILES string of the molecule is CCN1CCc2cc(/C=N/Oc3ccc(C(=O)NS(=O)(=O)c4cc(C)cc(C)c4)cc3)ccc21. The van der Waals surface area contributed by atoms with Gasteiger partial charge in [0.05, 0.1) is 11.1 Å². The summed E-state index contributed by atoms with van der Waals surface area (Å²) >= 11 is 0. The molecule has 0 fully saturated rings. The largest absolute Gasteiger partial charge is 0.371 e. The van der Waals surface area contributed by atoms with Crippen LogP contribution in [0.2, 0.25) is 0 Å². The number of nitrogens with one attached hydrogen (secondary N) is 1. The average molecular weight is 478 g/mol. The molecule has 0 radical (unpaired) electrons. The van der Waals surface area contributed by atoms with Gasteiger partial charge < -0.3 is 9.74 Å². The third kappa shape index (κ3) is 5.28. The number of nitrogens with zero attached hydrogens (tertiary/aromatic N) is 2. The molecule has 0 aliphatic carbocycles. The van der Waals surface area contributed by atoms with Gasteiger partial charge in [0, 0.05) is 24.3 Å². The molecule has 0 spiro atoms. The Labute approximate surface area is 200 Å². The number of anilines is 1. The fraction of sp³-hybridized carbons (Fsp3) is 0.231. The number of hydrogen-bond donors (Lipinski definition) is 1. The molecular weight excluding hydrogens is 450 g/mol. The minimum atomic E-state index is -3.97. The molecule has 1 amide bonds. The van der Waals surface area contributed by atoms with Crippen LogP contribution in [-0.2, 0) is 16.4 Å². The van der Waals surface area contributed by atoms with Crippen LogP contribution in [-0.4, -0.2) is 33.6 Å². The standard InChI is InChI=1S/C26H27N3O4S/c1-4-29-12-11-22-16-20(5-10-25(22)29)17-27-33-23-8-6-21(7-9-23)26(30)28-34(31,32)24-14-18(2)13-19(3)15-24/h5-10,13-17H,4,11-12H2,1-3H3,(H,28,30)/b27-17+. The second-order valence-corrected chi connectivity index (χ2v) is 10.0. The molecule has 1 heterocycles. The van der Waals surface area contributed by atoms with E-state index in [1.54, 1.807) is 32.2 Å². The zero-order chi connectivity index (χ0) is 24.3. The third-order valence-corrected chi connectivity index (χ3v) is 7.00. The lowest BCUT2D eigenvalue weighted by atomic mass is 10.1. The number of aryl methyl sites for hydroxylation is 2. The summed E-state index contributed by atoms with van der Waals surface area (Å²) in [6.07, 6.45) is 2.67. The molecule has 4 rings (SSSR count). The maximum atomic E-state index is 12.6. The fourth-order valence-electron chi connectivity index (χ4n) is 4.04. The van der Waals surface area contributed by atoms with Crippen molar-refractivity contribution in [2.75, 3.05) is 18.0 Å². The third-order valence-electron chi connectivity index (χ3n) is 5.69. The number of hydrogen-bond acceptors (Lipinski definition) is 6. The predicted octanol–water partition coefficient (Wildman–Crippen LogP) is 4.22. The number of amides is 1. The molecule has 3 aromatic carbocycles. The normalized spacial score (nSPS) is 13.2. The summed E-state index contributed by atoms with van der Waals surface area (Å²) in [7, 11) is -3.97. The molecule has 3 aromatic rings. The second-order valence-electron chi connectivity index (χ2n) is 8.33. The van der Waals surface area contributed by atoms with Crippen LogP contribution in [0.15, 0.2) is 70.7 Å². The molecule has 1 N–H and O–H groups in total. The molecule has 1 aliphatic heterocycles. The van der Waals surface area contributed by atoms with Crippen molar-refractivity contribution in [3.63, 3.8) is 0 Å². The van der Waals surface area contributed by atoms with Gasteiger partial charge in [0.25, 0.3) is 15.9 Å². The van der Waals surface area contributed by atoms with Crippen LogP contribution < -0.4 is 14.5 Å². The van der Waals surface area contributed by atoms with Gasteiger partial charge in [-0.15, -0.1) is 0 Å². The Morgan fingerprint density at radius 3 is 2.44 bits per heavy atom. The number of oxime groups is 1. The first-order valence-corrected chi connectivity index (χ1v) is 12.6. The van der Waals surface area contributed by atoms with Gasteiger partial charge in [0.15, 0.2) is 5.75 Å². The van der Waals surface area contributed by atoms with Gasteiger partial charge in [-0.3, -0.25) is 4.79 Å². The Morgan fingerprint density at radius 1 is 1.06 bits per heavy atom. The summed E-state index contributed by atoms with van der Waals surface area (Å²) in [5, 5.41) is 4.03. The quantitative estimate of drug-likeness (QED) is 0.407. The van der Waals surface area contributed by atoms with Crippen LogP contribution in [0.4, 0.5) is 5.69 Å². The zero-order valence-electron chi connectivity index (χ0n) is 19.4. The van der Waals surface area contributed by atoms with Crippen molar-refractivity contribution in [3.05, 3.63) is 88.5 Å². The van der Waals surface area contributed by atoms with Gasteiger partial charge in [-0.2, -0.15) is 0 Å². The smallest absolute Gasteiger partial charge is 0.265 e. The fourth-order valence-corrected chi connectivity index (χ4v) is 5.20. The Balaban J connectivity index is 1.38. The van der Waals surface area contributed by atoms with Gasteiger partial charge in [0.1, 0.15) is 0 Å². The second kappa shape index (κ2) is 9.69. The van der Waals surface area contributed by atoms with E-state index in [9.17, 15) is 13.2 Å². The van der Waals surface area contributed by atoms with E-state index in [1.165, 1.54) is 35.5 Å². The van der Waals surface area contributed by atoms with E-state index >= 15 is 0 Å². The maximum absolute atomic E-state index is 12.6. The minimum absolute atomic E-state index is 0.0570. The summed E-state index contributed by atoms with van der Waals surface area (Å²) in [5.74, 6) is -0.281. The molecular formula is C26H27N3O4S. The molecule has 0 unspecified atom stereocenters. The van der Waals surface area contributed by atoms with Crippen LogP contribution >= 0.6 is 0 Å². The number of fused-ring (bicyclic) bond motifs is 1. The summed E-state index contributed by atoms with van der Waals surface area (Å²) < 4.78 is 27.3. The van der Waals surface area contributed by atoms with Crippen molar-refractivity contribution < 1.29 is 18.0 Å². The van der Waals surface area contributed by atoms with E-state index in [0.717, 1.165) is 36.2 Å². The highest BCUT2D eigenvalue weighted by atomic mass is 32.2. The molecule has 7 nitrogen and oxygen atoms in total. The van der Waals surface area contributed by atoms with E-state index < -0.39 is 15.9 Å². The topological polar surface area (TPSA) is 88.1 Å². The van der Waals surface area contributed by atoms with Crippen molar-refractivity contribution in [1.29, 1.82) is 0 Å². The Morgan fingerprint density at radius 2 is 1.76 bits per heavy atom. The van der Waals surface area contributed by atoms with E-state index in [1.807, 2.05) is 12.1 Å². The lowest BCUT2D eigenvalue weighted by Gasteiger charge is -2.16. The Hall–Kier alpha value is -3.65. The van der Waals surface area contributed by atoms with Crippen LogP contribution in [0.5, 0.6) is 5.75 Å². The molecule has 0 bridgehead atoms. The van der Waals surface area contributed by atoms with E-state index in [0.29, 0.717) is 5.75 Å². The first-order valence-electron chi connectivity index (χ1n) is 11.1. The Bertz CT molecular complexity index is 1330. The van der Waals surface area contributed by atoms with Crippen molar-refractivity contribution in [2.24, 2.45) is 5.16 Å². The van der Waals surface area contributed by atoms with Crippen LogP contribution in [0.1, 0.15) is 39.5 Å². The van der Waals surface area contributed by atoms with Crippen LogP contribution in [0.3, 0.4) is 0 Å². The van der Waals surface area contributed by atoms with Gasteiger partial charge in [-0.05, 0) is 98.0 Å². The number of benzene rings is 3. The number of carbonyl (C=O) groups is 1. The van der Waals surface area contributed by atoms with Crippen LogP contribution in [0.25, 0.3) is 0 Å². The highest BCUT2D eigenvalue weighted by molar-refractivity contribution is 7.90. The maximum Gasteiger partial charge on any atom is 0.265 e. The molecule has 0 saturated heterocycles. The average Bonchev–Trinajstić information content (AvgIpc) is 3.21. The summed E-state index contributed by atoms with van der Waals surface area (Å²) in [5.41, 5.74) is 5.33. The molecule has 34 heavy (non-hydrogen) atoms. The van der Waals surface area contributed by atoms with Gasteiger partial charge in [0.2, 0.25) is 0 Å². The van der Waals surface area contributed by atoms with Gasteiger partial charge in [-0.1, -0.05) is 17.3 Å². The van der Waals surface area contributed by atoms with Crippen molar-refractivity contribution in [1.82, 2.24) is 4.72 Å². The van der Waals surface area contributed by atoms with Gasteiger partial charge >= 0.3 is 0 Å². The molecule has 176 valence electrons. The highest BCUT2D eigenvalue weighted by Crippen LogP contribution is 2.28. The molecule has 0 saturated carbocycles. The highest BCUT2D eigenvalue weighted by Gasteiger charge is 2.20. The molecule has 0 atom stereocenters. The summed E-state index contributed by atoms with van der Waals surface area (Å²) in [6.45, 7) is 7.79. The number of sulfonamides is 1. The number of likely N-dealkylation sites (N-methyl/N-ethyl adjacent to an activating group) is 1. The summed E-state index contributed by atoms with van der Waals surface area (Å²) in [6, 6.07) is 17.3. The summed E-state index contributed by atoms with van der Waals surface area (Å²) in [4.78, 5) is 20.3.